The Labute approximate surface area is 117 Å². The molecule has 20 heavy (non-hydrogen) atoms. The molecule has 0 saturated carbocycles. The summed E-state index contributed by atoms with van der Waals surface area (Å²) >= 11 is 0. The lowest BCUT2D eigenvalue weighted by Crippen LogP contribution is -2.29. The number of carboxylic acids is 1. The van der Waals surface area contributed by atoms with Crippen molar-refractivity contribution in [3.8, 4) is 0 Å². The zero-order valence-corrected chi connectivity index (χ0v) is 11.2. The molecule has 0 saturated heterocycles. The molecule has 0 heterocycles. The highest BCUT2D eigenvalue weighted by Crippen LogP contribution is 2.18. The molecule has 2 aromatic rings. The van der Waals surface area contributed by atoms with Crippen LogP contribution in [0, 0.1) is 12.7 Å². The van der Waals surface area contributed by atoms with Crippen LogP contribution in [0.4, 0.5) is 10.1 Å². The fourth-order valence-corrected chi connectivity index (χ4v) is 2.11. The van der Waals surface area contributed by atoms with E-state index in [-0.39, 0.29) is 12.4 Å². The number of carbonyl (C=O) groups is 1. The highest BCUT2D eigenvalue weighted by Gasteiger charge is 2.12. The summed E-state index contributed by atoms with van der Waals surface area (Å²) in [5.74, 6) is -1.32. The lowest BCUT2D eigenvalue weighted by atomic mass is 10.1. The van der Waals surface area contributed by atoms with Gasteiger partial charge in [-0.2, -0.15) is 0 Å². The van der Waals surface area contributed by atoms with Crippen molar-refractivity contribution < 1.29 is 14.3 Å². The minimum atomic E-state index is -0.943. The van der Waals surface area contributed by atoms with E-state index in [1.165, 1.54) is 12.1 Å². The largest absolute Gasteiger partial charge is 0.480 e. The number of aliphatic carboxylic acids is 1. The predicted octanol–water partition coefficient (Wildman–Crippen LogP) is 3.23. The van der Waals surface area contributed by atoms with Crippen molar-refractivity contribution in [2.75, 3.05) is 11.4 Å². The average Bonchev–Trinajstić information content (AvgIpc) is 2.37. The lowest BCUT2D eigenvalue weighted by molar-refractivity contribution is -0.135. The average molecular weight is 273 g/mol. The number of aryl methyl sites for hydroxylation is 1. The molecule has 0 fully saturated rings. The van der Waals surface area contributed by atoms with Crippen molar-refractivity contribution in [1.82, 2.24) is 0 Å². The van der Waals surface area contributed by atoms with E-state index in [2.05, 4.69) is 0 Å². The fraction of sp³-hybridized carbons (Fsp3) is 0.188. The Hall–Kier alpha value is -2.36. The SMILES string of the molecule is Cc1cccc(CN(CC(=O)O)c2cccc(F)c2)c1. The number of nitrogens with zero attached hydrogens (tertiary/aromatic N) is 1. The molecule has 3 nitrogen and oxygen atoms in total. The highest BCUT2D eigenvalue weighted by molar-refractivity contribution is 5.73. The van der Waals surface area contributed by atoms with Crippen LogP contribution in [0.15, 0.2) is 48.5 Å². The van der Waals surface area contributed by atoms with Crippen molar-refractivity contribution in [2.45, 2.75) is 13.5 Å². The lowest BCUT2D eigenvalue weighted by Gasteiger charge is -2.23. The Morgan fingerprint density at radius 2 is 1.95 bits per heavy atom. The Bertz CT molecular complexity index is 613. The van der Waals surface area contributed by atoms with Crippen LogP contribution in [-0.4, -0.2) is 17.6 Å². The first kappa shape index (κ1) is 14.1. The molecule has 0 spiro atoms. The topological polar surface area (TPSA) is 40.5 Å². The monoisotopic (exact) mass is 273 g/mol. The number of rotatable bonds is 5. The maximum Gasteiger partial charge on any atom is 0.323 e. The minimum Gasteiger partial charge on any atom is -0.480 e. The van der Waals surface area contributed by atoms with Crippen LogP contribution in [0.25, 0.3) is 0 Å². The number of hydrogen-bond acceptors (Lipinski definition) is 2. The third-order valence-electron chi connectivity index (χ3n) is 2.96. The zero-order valence-electron chi connectivity index (χ0n) is 11.2. The van der Waals surface area contributed by atoms with Crippen LogP contribution in [-0.2, 0) is 11.3 Å². The second kappa shape index (κ2) is 6.19. The van der Waals surface area contributed by atoms with Crippen molar-refractivity contribution >= 4 is 11.7 Å². The van der Waals surface area contributed by atoms with Crippen LogP contribution in [0.3, 0.4) is 0 Å². The maximum absolute atomic E-state index is 13.3. The Balaban J connectivity index is 2.26. The summed E-state index contributed by atoms with van der Waals surface area (Å²) in [6.07, 6.45) is 0. The molecule has 0 atom stereocenters. The van der Waals surface area contributed by atoms with Gasteiger partial charge in [0.05, 0.1) is 0 Å². The number of benzene rings is 2. The summed E-state index contributed by atoms with van der Waals surface area (Å²) in [5, 5.41) is 9.01. The molecular weight excluding hydrogens is 257 g/mol. The van der Waals surface area contributed by atoms with Crippen molar-refractivity contribution in [3.05, 3.63) is 65.5 Å². The number of hydrogen-bond donors (Lipinski definition) is 1. The Morgan fingerprint density at radius 1 is 1.20 bits per heavy atom. The molecule has 0 aliphatic heterocycles. The van der Waals surface area contributed by atoms with Gasteiger partial charge in [0.2, 0.25) is 0 Å². The van der Waals surface area contributed by atoms with E-state index < -0.39 is 5.97 Å². The molecule has 0 unspecified atom stereocenters. The highest BCUT2D eigenvalue weighted by atomic mass is 19.1. The minimum absolute atomic E-state index is 0.169. The van der Waals surface area contributed by atoms with Gasteiger partial charge in [0.1, 0.15) is 12.4 Å². The molecular formula is C16H16FNO2. The Morgan fingerprint density at radius 3 is 2.60 bits per heavy atom. The van der Waals surface area contributed by atoms with Crippen LogP contribution in [0.2, 0.25) is 0 Å². The molecule has 0 aliphatic rings. The third-order valence-corrected chi connectivity index (χ3v) is 2.96. The van der Waals surface area contributed by atoms with Gasteiger partial charge in [-0.05, 0) is 30.7 Å². The van der Waals surface area contributed by atoms with E-state index in [1.54, 1.807) is 17.0 Å². The predicted molar refractivity (Wildman–Crippen MR) is 76.3 cm³/mol. The smallest absolute Gasteiger partial charge is 0.323 e. The molecule has 2 aromatic carbocycles. The maximum atomic E-state index is 13.3. The second-order valence-corrected chi connectivity index (χ2v) is 4.72. The van der Waals surface area contributed by atoms with Gasteiger partial charge < -0.3 is 10.0 Å². The summed E-state index contributed by atoms with van der Waals surface area (Å²) in [5.41, 5.74) is 2.67. The molecule has 104 valence electrons. The summed E-state index contributed by atoms with van der Waals surface area (Å²) in [6.45, 7) is 2.24. The zero-order chi connectivity index (χ0) is 14.5. The summed E-state index contributed by atoms with van der Waals surface area (Å²) in [6, 6.07) is 13.8. The normalized spacial score (nSPS) is 10.3. The molecule has 1 N–H and O–H groups in total. The van der Waals surface area contributed by atoms with Crippen LogP contribution < -0.4 is 4.90 Å². The van der Waals surface area contributed by atoms with E-state index in [4.69, 9.17) is 5.11 Å². The van der Waals surface area contributed by atoms with Crippen LogP contribution in [0.1, 0.15) is 11.1 Å². The molecule has 0 radical (unpaired) electrons. The van der Waals surface area contributed by atoms with E-state index in [9.17, 15) is 9.18 Å². The van der Waals surface area contributed by atoms with E-state index >= 15 is 0 Å². The van der Waals surface area contributed by atoms with Crippen LogP contribution in [0.5, 0.6) is 0 Å². The summed E-state index contributed by atoms with van der Waals surface area (Å²) in [4.78, 5) is 12.6. The number of anilines is 1. The van der Waals surface area contributed by atoms with Gasteiger partial charge in [0, 0.05) is 12.2 Å². The number of carboxylic acid groups (broad SMARTS) is 1. The Kier molecular flexibility index (Phi) is 4.35. The standard InChI is InChI=1S/C16H16FNO2/c1-12-4-2-5-13(8-12)10-18(11-16(19)20)15-7-3-6-14(17)9-15/h2-9H,10-11H2,1H3,(H,19,20). The van der Waals surface area contributed by atoms with Gasteiger partial charge >= 0.3 is 5.97 Å². The van der Waals surface area contributed by atoms with Crippen molar-refractivity contribution in [3.63, 3.8) is 0 Å². The van der Waals surface area contributed by atoms with Gasteiger partial charge in [0.25, 0.3) is 0 Å². The van der Waals surface area contributed by atoms with Crippen molar-refractivity contribution in [1.29, 1.82) is 0 Å². The van der Waals surface area contributed by atoms with Gasteiger partial charge in [0.15, 0.2) is 0 Å². The fourth-order valence-electron chi connectivity index (χ4n) is 2.11. The van der Waals surface area contributed by atoms with Gasteiger partial charge in [-0.15, -0.1) is 0 Å². The molecule has 0 aliphatic carbocycles. The molecule has 2 rings (SSSR count). The van der Waals surface area contributed by atoms with E-state index in [0.717, 1.165) is 11.1 Å². The summed E-state index contributed by atoms with van der Waals surface area (Å²) < 4.78 is 13.3. The summed E-state index contributed by atoms with van der Waals surface area (Å²) in [7, 11) is 0. The first-order valence-corrected chi connectivity index (χ1v) is 6.32. The molecule has 0 amide bonds. The van der Waals surface area contributed by atoms with Gasteiger partial charge in [-0.3, -0.25) is 4.79 Å². The second-order valence-electron chi connectivity index (χ2n) is 4.72. The molecule has 0 aromatic heterocycles. The first-order valence-electron chi connectivity index (χ1n) is 6.32. The third kappa shape index (κ3) is 3.82. The first-order chi connectivity index (χ1) is 9.54. The molecule has 4 heteroatoms. The van der Waals surface area contributed by atoms with E-state index in [0.29, 0.717) is 12.2 Å². The van der Waals surface area contributed by atoms with Crippen LogP contribution >= 0.6 is 0 Å². The van der Waals surface area contributed by atoms with Gasteiger partial charge in [-0.25, -0.2) is 4.39 Å². The van der Waals surface area contributed by atoms with E-state index in [1.807, 2.05) is 31.2 Å². The van der Waals surface area contributed by atoms with Gasteiger partial charge in [-0.1, -0.05) is 35.9 Å². The number of halogens is 1. The van der Waals surface area contributed by atoms with Crippen molar-refractivity contribution in [2.24, 2.45) is 0 Å². The quantitative estimate of drug-likeness (QED) is 0.909. The molecule has 0 bridgehead atoms.